The van der Waals surface area contributed by atoms with Crippen molar-refractivity contribution in [3.63, 3.8) is 0 Å². The second-order valence-corrected chi connectivity index (χ2v) is 8.52. The van der Waals surface area contributed by atoms with Crippen LogP contribution in [0.4, 0.5) is 4.79 Å². The first-order chi connectivity index (χ1) is 12.8. The Labute approximate surface area is 162 Å². The molecule has 0 bridgehead atoms. The average molecular weight is 388 g/mol. The fraction of sp³-hybridized carbons (Fsp3) is 0.333. The van der Waals surface area contributed by atoms with E-state index in [0.717, 1.165) is 11.8 Å². The summed E-state index contributed by atoms with van der Waals surface area (Å²) in [5.41, 5.74) is 0.187. The van der Waals surface area contributed by atoms with Crippen molar-refractivity contribution in [3.05, 3.63) is 66.2 Å². The standard InChI is InChI=1S/C21H25NO4S/c1-21(2,3)26-20(24)22(27(25)19-12-8-5-9-13-19)16-18(14-15-23)17-10-6-4-7-11-17/h4-13,15,18H,14,16H2,1-3H3. The second kappa shape index (κ2) is 9.46. The summed E-state index contributed by atoms with van der Waals surface area (Å²) in [6.07, 6.45) is 0.364. The third-order valence-corrected chi connectivity index (χ3v) is 5.15. The summed E-state index contributed by atoms with van der Waals surface area (Å²) in [6, 6.07) is 18.2. The number of hydrogen-bond donors (Lipinski definition) is 0. The average Bonchev–Trinajstić information content (AvgIpc) is 2.64. The Morgan fingerprint density at radius 3 is 2.15 bits per heavy atom. The normalized spacial score (nSPS) is 13.4. The van der Waals surface area contributed by atoms with Gasteiger partial charge in [-0.1, -0.05) is 48.5 Å². The van der Waals surface area contributed by atoms with Crippen molar-refractivity contribution in [1.82, 2.24) is 4.31 Å². The lowest BCUT2D eigenvalue weighted by atomic mass is 9.96. The maximum absolute atomic E-state index is 13.1. The SMILES string of the molecule is CC(C)(C)OC(=O)N(CC(CC=O)c1ccccc1)S(=O)c1ccccc1. The van der Waals surface area contributed by atoms with Crippen molar-refractivity contribution in [3.8, 4) is 0 Å². The molecule has 1 amide bonds. The fourth-order valence-corrected chi connectivity index (χ4v) is 3.68. The summed E-state index contributed by atoms with van der Waals surface area (Å²) >= 11 is 0. The highest BCUT2D eigenvalue weighted by atomic mass is 32.2. The summed E-state index contributed by atoms with van der Waals surface area (Å²) in [5.74, 6) is -0.274. The van der Waals surface area contributed by atoms with Crippen molar-refractivity contribution >= 4 is 23.4 Å². The summed E-state index contributed by atoms with van der Waals surface area (Å²) in [5, 5.41) is 0. The molecule has 5 nitrogen and oxygen atoms in total. The number of amides is 1. The fourth-order valence-electron chi connectivity index (χ4n) is 2.54. The molecule has 2 unspecified atom stereocenters. The summed E-state index contributed by atoms with van der Waals surface area (Å²) < 4.78 is 19.8. The highest BCUT2D eigenvalue weighted by Crippen LogP contribution is 2.24. The van der Waals surface area contributed by atoms with Gasteiger partial charge in [-0.05, 0) is 38.5 Å². The molecule has 27 heavy (non-hydrogen) atoms. The van der Waals surface area contributed by atoms with Gasteiger partial charge in [-0.25, -0.2) is 13.3 Å². The van der Waals surface area contributed by atoms with Crippen molar-refractivity contribution in [2.45, 2.75) is 43.6 Å². The molecule has 0 N–H and O–H groups in total. The van der Waals surface area contributed by atoms with Crippen molar-refractivity contribution < 1.29 is 18.5 Å². The van der Waals surface area contributed by atoms with Crippen LogP contribution in [-0.2, 0) is 20.5 Å². The van der Waals surface area contributed by atoms with Gasteiger partial charge in [-0.15, -0.1) is 0 Å². The van der Waals surface area contributed by atoms with E-state index in [4.69, 9.17) is 4.74 Å². The Morgan fingerprint density at radius 2 is 1.63 bits per heavy atom. The monoisotopic (exact) mass is 387 g/mol. The molecule has 0 aliphatic carbocycles. The molecule has 6 heteroatoms. The molecule has 0 aliphatic rings. The molecule has 0 fully saturated rings. The van der Waals surface area contributed by atoms with Crippen LogP contribution in [0, 0.1) is 0 Å². The van der Waals surface area contributed by atoms with Gasteiger partial charge >= 0.3 is 6.09 Å². The van der Waals surface area contributed by atoms with Gasteiger partial charge in [-0.2, -0.15) is 0 Å². The first-order valence-electron chi connectivity index (χ1n) is 8.78. The van der Waals surface area contributed by atoms with Crippen molar-refractivity contribution in [2.24, 2.45) is 0 Å². The predicted octanol–water partition coefficient (Wildman–Crippen LogP) is 4.32. The van der Waals surface area contributed by atoms with Crippen LogP contribution in [0.15, 0.2) is 65.6 Å². The predicted molar refractivity (Wildman–Crippen MR) is 106 cm³/mol. The molecule has 0 aliphatic heterocycles. The zero-order valence-corrected chi connectivity index (χ0v) is 16.6. The molecular formula is C21H25NO4S. The lowest BCUT2D eigenvalue weighted by Gasteiger charge is -2.29. The minimum Gasteiger partial charge on any atom is -0.443 e. The summed E-state index contributed by atoms with van der Waals surface area (Å²) in [7, 11) is -1.74. The lowest BCUT2D eigenvalue weighted by molar-refractivity contribution is -0.108. The van der Waals surface area contributed by atoms with E-state index in [0.29, 0.717) is 4.90 Å². The molecule has 2 aromatic rings. The third kappa shape index (κ3) is 6.32. The topological polar surface area (TPSA) is 63.7 Å². The molecular weight excluding hydrogens is 362 g/mol. The van der Waals surface area contributed by atoms with Gasteiger partial charge in [0.1, 0.15) is 11.9 Å². The van der Waals surface area contributed by atoms with Crippen LogP contribution >= 0.6 is 0 Å². The van der Waals surface area contributed by atoms with Gasteiger partial charge < -0.3 is 9.53 Å². The lowest BCUT2D eigenvalue weighted by Crippen LogP contribution is -2.40. The van der Waals surface area contributed by atoms with Gasteiger partial charge in [0, 0.05) is 18.9 Å². The molecule has 2 aromatic carbocycles. The van der Waals surface area contributed by atoms with Crippen LogP contribution in [-0.4, -0.2) is 33.0 Å². The maximum atomic E-state index is 13.1. The number of nitrogens with zero attached hydrogens (tertiary/aromatic N) is 1. The first kappa shape index (κ1) is 20.8. The second-order valence-electron chi connectivity index (χ2n) is 7.11. The van der Waals surface area contributed by atoms with Crippen LogP contribution < -0.4 is 0 Å². The first-order valence-corrected chi connectivity index (χ1v) is 9.88. The van der Waals surface area contributed by atoms with Crippen LogP contribution in [0.1, 0.15) is 38.7 Å². The van der Waals surface area contributed by atoms with E-state index in [1.807, 2.05) is 36.4 Å². The Morgan fingerprint density at radius 1 is 1.07 bits per heavy atom. The van der Waals surface area contributed by atoms with Crippen molar-refractivity contribution in [2.75, 3.05) is 6.54 Å². The van der Waals surface area contributed by atoms with Crippen molar-refractivity contribution in [1.29, 1.82) is 0 Å². The van der Waals surface area contributed by atoms with E-state index in [9.17, 15) is 13.8 Å². The highest BCUT2D eigenvalue weighted by Gasteiger charge is 2.30. The van der Waals surface area contributed by atoms with E-state index in [1.54, 1.807) is 45.0 Å². The zero-order chi connectivity index (χ0) is 19.9. The molecule has 0 heterocycles. The molecule has 0 saturated heterocycles. The largest absolute Gasteiger partial charge is 0.443 e. The van der Waals surface area contributed by atoms with Gasteiger partial charge in [0.15, 0.2) is 11.0 Å². The van der Waals surface area contributed by atoms with Gasteiger partial charge in [0.05, 0.1) is 4.90 Å². The molecule has 0 saturated carbocycles. The highest BCUT2D eigenvalue weighted by molar-refractivity contribution is 7.83. The molecule has 2 atom stereocenters. The Balaban J connectivity index is 2.34. The van der Waals surface area contributed by atoms with Crippen LogP contribution in [0.3, 0.4) is 0 Å². The Bertz CT molecular complexity index is 772. The number of benzene rings is 2. The van der Waals surface area contributed by atoms with Crippen LogP contribution in [0.2, 0.25) is 0 Å². The van der Waals surface area contributed by atoms with E-state index >= 15 is 0 Å². The smallest absolute Gasteiger partial charge is 0.422 e. The molecule has 2 rings (SSSR count). The van der Waals surface area contributed by atoms with Crippen LogP contribution in [0.5, 0.6) is 0 Å². The number of hydrogen-bond acceptors (Lipinski definition) is 4. The number of carbonyl (C=O) groups excluding carboxylic acids is 2. The van der Waals surface area contributed by atoms with E-state index in [-0.39, 0.29) is 18.9 Å². The molecule has 144 valence electrons. The van der Waals surface area contributed by atoms with E-state index in [2.05, 4.69) is 0 Å². The molecule has 0 radical (unpaired) electrons. The number of ether oxygens (including phenoxy) is 1. The number of aldehydes is 1. The minimum absolute atomic E-state index is 0.110. The third-order valence-electron chi connectivity index (χ3n) is 3.78. The van der Waals surface area contributed by atoms with E-state index in [1.165, 1.54) is 4.31 Å². The summed E-state index contributed by atoms with van der Waals surface area (Å²) in [4.78, 5) is 24.5. The maximum Gasteiger partial charge on any atom is 0.422 e. The molecule has 0 aromatic heterocycles. The van der Waals surface area contributed by atoms with Gasteiger partial charge in [0.2, 0.25) is 0 Å². The van der Waals surface area contributed by atoms with Crippen LogP contribution in [0.25, 0.3) is 0 Å². The zero-order valence-electron chi connectivity index (χ0n) is 15.8. The van der Waals surface area contributed by atoms with Gasteiger partial charge in [0.25, 0.3) is 0 Å². The number of carbonyl (C=O) groups is 2. The minimum atomic E-state index is -1.74. The van der Waals surface area contributed by atoms with Gasteiger partial charge in [-0.3, -0.25) is 0 Å². The van der Waals surface area contributed by atoms with E-state index < -0.39 is 22.7 Å². The Kier molecular flexibility index (Phi) is 7.30. The summed E-state index contributed by atoms with van der Waals surface area (Å²) in [6.45, 7) is 5.39. The Hall–Kier alpha value is -2.47. The molecule has 0 spiro atoms. The number of rotatable bonds is 7. The quantitative estimate of drug-likeness (QED) is 0.664.